The number of carboxylic acids is 1. The van der Waals surface area contributed by atoms with E-state index in [1.165, 1.54) is 11.4 Å². The minimum absolute atomic E-state index is 0.0983. The molecule has 0 aromatic carbocycles. The topological polar surface area (TPSA) is 74.7 Å². The summed E-state index contributed by atoms with van der Waals surface area (Å²) in [5, 5.41) is 8.46. The molecule has 1 N–H and O–H groups in total. The number of carboxylic acid groups (broad SMARTS) is 1. The molecule has 0 aliphatic rings. The van der Waals surface area contributed by atoms with Crippen LogP contribution in [0.3, 0.4) is 0 Å². The van der Waals surface area contributed by atoms with Crippen molar-refractivity contribution in [3.05, 3.63) is 0 Å². The highest BCUT2D eigenvalue weighted by molar-refractivity contribution is 7.89. The van der Waals surface area contributed by atoms with E-state index in [1.807, 2.05) is 20.8 Å². The van der Waals surface area contributed by atoms with Crippen molar-refractivity contribution in [1.29, 1.82) is 0 Å². The van der Waals surface area contributed by atoms with Gasteiger partial charge >= 0.3 is 5.97 Å². The average molecular weight is 251 g/mol. The SMILES string of the molecule is CC(C)CC(C)N(C)S(=O)(=O)CCC(=O)O. The molecule has 0 amide bonds. The first-order chi connectivity index (χ1) is 7.16. The minimum atomic E-state index is -3.45. The Balaban J connectivity index is 4.44. The van der Waals surface area contributed by atoms with Gasteiger partial charge in [-0.15, -0.1) is 0 Å². The lowest BCUT2D eigenvalue weighted by molar-refractivity contribution is -0.136. The summed E-state index contributed by atoms with van der Waals surface area (Å²) >= 11 is 0. The number of rotatable bonds is 7. The van der Waals surface area contributed by atoms with Crippen LogP contribution < -0.4 is 0 Å². The third kappa shape index (κ3) is 5.46. The van der Waals surface area contributed by atoms with Gasteiger partial charge in [0, 0.05) is 13.1 Å². The molecule has 0 saturated heterocycles. The van der Waals surface area contributed by atoms with Crippen molar-refractivity contribution in [2.45, 2.75) is 39.7 Å². The van der Waals surface area contributed by atoms with Crippen LogP contribution in [0.15, 0.2) is 0 Å². The third-order valence-electron chi connectivity index (χ3n) is 2.45. The predicted molar refractivity (Wildman–Crippen MR) is 62.7 cm³/mol. The molecule has 0 aromatic heterocycles. The molecule has 0 aliphatic heterocycles. The number of aliphatic carboxylic acids is 1. The molecule has 0 bridgehead atoms. The first kappa shape index (κ1) is 15.4. The molecule has 0 fully saturated rings. The second-order valence-electron chi connectivity index (χ2n) is 4.45. The average Bonchev–Trinajstić information content (AvgIpc) is 2.12. The van der Waals surface area contributed by atoms with Crippen LogP contribution in [0, 0.1) is 5.92 Å². The maximum atomic E-state index is 11.7. The molecule has 96 valence electrons. The van der Waals surface area contributed by atoms with Gasteiger partial charge in [-0.3, -0.25) is 4.79 Å². The highest BCUT2D eigenvalue weighted by Gasteiger charge is 2.24. The summed E-state index contributed by atoms with van der Waals surface area (Å²) in [6.07, 6.45) is 0.421. The molecule has 6 heteroatoms. The fourth-order valence-corrected chi connectivity index (χ4v) is 2.82. The summed E-state index contributed by atoms with van der Waals surface area (Å²) in [5.74, 6) is -1.01. The maximum absolute atomic E-state index is 11.7. The Kier molecular flexibility index (Phi) is 5.96. The van der Waals surface area contributed by atoms with Crippen LogP contribution in [0.4, 0.5) is 0 Å². The van der Waals surface area contributed by atoms with E-state index in [4.69, 9.17) is 5.11 Å². The van der Waals surface area contributed by atoms with Gasteiger partial charge in [-0.05, 0) is 19.3 Å². The fraction of sp³-hybridized carbons (Fsp3) is 0.900. The molecular weight excluding hydrogens is 230 g/mol. The van der Waals surface area contributed by atoms with Crippen molar-refractivity contribution in [3.8, 4) is 0 Å². The lowest BCUT2D eigenvalue weighted by atomic mass is 10.1. The first-order valence-corrected chi connectivity index (χ1v) is 6.95. The highest BCUT2D eigenvalue weighted by Crippen LogP contribution is 2.13. The Morgan fingerprint density at radius 1 is 1.31 bits per heavy atom. The Morgan fingerprint density at radius 2 is 1.81 bits per heavy atom. The van der Waals surface area contributed by atoms with Gasteiger partial charge in [0.2, 0.25) is 10.0 Å². The quantitative estimate of drug-likeness (QED) is 0.736. The largest absolute Gasteiger partial charge is 0.481 e. The first-order valence-electron chi connectivity index (χ1n) is 5.34. The summed E-state index contributed by atoms with van der Waals surface area (Å²) in [5.41, 5.74) is 0. The van der Waals surface area contributed by atoms with E-state index < -0.39 is 16.0 Å². The number of hydrogen-bond donors (Lipinski definition) is 1. The molecule has 0 aromatic rings. The van der Waals surface area contributed by atoms with Crippen LogP contribution in [-0.2, 0) is 14.8 Å². The third-order valence-corrected chi connectivity index (χ3v) is 4.40. The molecule has 0 spiro atoms. The summed E-state index contributed by atoms with van der Waals surface area (Å²) in [7, 11) is -1.94. The van der Waals surface area contributed by atoms with Gasteiger partial charge in [0.25, 0.3) is 0 Å². The molecule has 5 nitrogen and oxygen atoms in total. The predicted octanol–water partition coefficient (Wildman–Crippen LogP) is 1.16. The molecule has 1 atom stereocenters. The summed E-state index contributed by atoms with van der Waals surface area (Å²) < 4.78 is 24.7. The second kappa shape index (κ2) is 6.20. The van der Waals surface area contributed by atoms with Gasteiger partial charge in [-0.1, -0.05) is 13.8 Å². The van der Waals surface area contributed by atoms with Gasteiger partial charge in [-0.25, -0.2) is 12.7 Å². The van der Waals surface area contributed by atoms with Crippen LogP contribution in [0.1, 0.15) is 33.6 Å². The van der Waals surface area contributed by atoms with Gasteiger partial charge in [0.1, 0.15) is 0 Å². The number of carbonyl (C=O) groups is 1. The van der Waals surface area contributed by atoms with E-state index in [0.717, 1.165) is 6.42 Å². The minimum Gasteiger partial charge on any atom is -0.481 e. The number of sulfonamides is 1. The van der Waals surface area contributed by atoms with Crippen LogP contribution in [0.25, 0.3) is 0 Å². The fourth-order valence-electron chi connectivity index (χ4n) is 1.47. The lowest BCUT2D eigenvalue weighted by Crippen LogP contribution is -2.37. The Morgan fingerprint density at radius 3 is 2.19 bits per heavy atom. The molecule has 1 unspecified atom stereocenters. The molecule has 0 heterocycles. The molecule has 0 saturated carbocycles. The van der Waals surface area contributed by atoms with E-state index in [-0.39, 0.29) is 18.2 Å². The van der Waals surface area contributed by atoms with E-state index in [1.54, 1.807) is 0 Å². The lowest BCUT2D eigenvalue weighted by Gasteiger charge is -2.25. The monoisotopic (exact) mass is 251 g/mol. The Labute approximate surface area is 97.5 Å². The molecule has 0 aliphatic carbocycles. The second-order valence-corrected chi connectivity index (χ2v) is 6.60. The van der Waals surface area contributed by atoms with Crippen molar-refractivity contribution in [2.24, 2.45) is 5.92 Å². The zero-order valence-electron chi connectivity index (χ0n) is 10.3. The molecular formula is C10H21NO4S. The standard InChI is InChI=1S/C10H21NO4S/c1-8(2)7-9(3)11(4)16(14,15)6-5-10(12)13/h8-9H,5-7H2,1-4H3,(H,12,13). The highest BCUT2D eigenvalue weighted by atomic mass is 32.2. The van der Waals surface area contributed by atoms with Crippen molar-refractivity contribution in [1.82, 2.24) is 4.31 Å². The van der Waals surface area contributed by atoms with E-state index in [9.17, 15) is 13.2 Å². The van der Waals surface area contributed by atoms with Gasteiger partial charge in [-0.2, -0.15) is 0 Å². The van der Waals surface area contributed by atoms with Crippen LogP contribution in [0.2, 0.25) is 0 Å². The summed E-state index contributed by atoms with van der Waals surface area (Å²) in [4.78, 5) is 10.3. The van der Waals surface area contributed by atoms with Crippen molar-refractivity contribution < 1.29 is 18.3 Å². The number of nitrogens with zero attached hydrogens (tertiary/aromatic N) is 1. The van der Waals surface area contributed by atoms with Crippen molar-refractivity contribution >= 4 is 16.0 Å². The Hall–Kier alpha value is -0.620. The van der Waals surface area contributed by atoms with Crippen molar-refractivity contribution in [2.75, 3.05) is 12.8 Å². The molecule has 16 heavy (non-hydrogen) atoms. The zero-order chi connectivity index (χ0) is 12.9. The van der Waals surface area contributed by atoms with Crippen LogP contribution in [0.5, 0.6) is 0 Å². The zero-order valence-corrected chi connectivity index (χ0v) is 11.1. The summed E-state index contributed by atoms with van der Waals surface area (Å²) in [6, 6.07) is -0.0983. The Bertz CT molecular complexity index is 324. The van der Waals surface area contributed by atoms with E-state index in [0.29, 0.717) is 5.92 Å². The van der Waals surface area contributed by atoms with E-state index >= 15 is 0 Å². The van der Waals surface area contributed by atoms with Gasteiger partial charge < -0.3 is 5.11 Å². The maximum Gasteiger partial charge on any atom is 0.304 e. The van der Waals surface area contributed by atoms with Crippen LogP contribution >= 0.6 is 0 Å². The van der Waals surface area contributed by atoms with Gasteiger partial charge in [0.05, 0.1) is 12.2 Å². The normalized spacial score (nSPS) is 14.4. The molecule has 0 radical (unpaired) electrons. The smallest absolute Gasteiger partial charge is 0.304 e. The van der Waals surface area contributed by atoms with Crippen molar-refractivity contribution in [3.63, 3.8) is 0 Å². The van der Waals surface area contributed by atoms with E-state index in [2.05, 4.69) is 0 Å². The number of hydrogen-bond acceptors (Lipinski definition) is 3. The van der Waals surface area contributed by atoms with Gasteiger partial charge in [0.15, 0.2) is 0 Å². The van der Waals surface area contributed by atoms with Crippen LogP contribution in [-0.4, -0.2) is 42.6 Å². The summed E-state index contributed by atoms with van der Waals surface area (Å²) in [6.45, 7) is 5.88. The molecule has 0 rings (SSSR count).